The number of nitro groups is 1. The number of amides is 3. The van der Waals surface area contributed by atoms with Crippen molar-refractivity contribution in [3.8, 4) is 0 Å². The minimum atomic E-state index is -0.577. The Balaban J connectivity index is 1.61. The summed E-state index contributed by atoms with van der Waals surface area (Å²) in [6.45, 7) is 4.20. The van der Waals surface area contributed by atoms with Gasteiger partial charge in [0.2, 0.25) is 11.8 Å². The molecule has 162 valence electrons. The lowest BCUT2D eigenvalue weighted by Crippen LogP contribution is -2.33. The molecule has 2 N–H and O–H groups in total. The van der Waals surface area contributed by atoms with Gasteiger partial charge in [0.15, 0.2) is 0 Å². The van der Waals surface area contributed by atoms with Crippen LogP contribution >= 0.6 is 11.6 Å². The van der Waals surface area contributed by atoms with Crippen LogP contribution in [0.15, 0.2) is 42.5 Å². The van der Waals surface area contributed by atoms with Crippen molar-refractivity contribution in [2.45, 2.75) is 26.3 Å². The van der Waals surface area contributed by atoms with E-state index >= 15 is 0 Å². The third-order valence-corrected chi connectivity index (χ3v) is 5.29. The fourth-order valence-electron chi connectivity index (χ4n) is 3.27. The molecule has 3 rings (SSSR count). The Morgan fingerprint density at radius 1 is 1.16 bits per heavy atom. The summed E-state index contributed by atoms with van der Waals surface area (Å²) in [5.74, 6) is -1.15. The normalized spacial score (nSPS) is 15.8. The van der Waals surface area contributed by atoms with Crippen LogP contribution in [0.5, 0.6) is 0 Å². The van der Waals surface area contributed by atoms with E-state index in [1.54, 1.807) is 17.0 Å². The molecule has 0 radical (unpaired) electrons. The second kappa shape index (κ2) is 9.13. The molecule has 10 heteroatoms. The van der Waals surface area contributed by atoms with Crippen molar-refractivity contribution in [3.63, 3.8) is 0 Å². The Morgan fingerprint density at radius 3 is 2.39 bits per heavy atom. The predicted octanol–water partition coefficient (Wildman–Crippen LogP) is 3.70. The molecule has 9 nitrogen and oxygen atoms in total. The number of non-ortho nitro benzene ring substituents is 1. The first kappa shape index (κ1) is 22.2. The van der Waals surface area contributed by atoms with Crippen LogP contribution < -0.4 is 10.6 Å². The van der Waals surface area contributed by atoms with E-state index in [1.165, 1.54) is 24.3 Å². The largest absolute Gasteiger partial charge is 0.339 e. The minimum absolute atomic E-state index is 0.0351. The van der Waals surface area contributed by atoms with E-state index in [2.05, 4.69) is 10.6 Å². The van der Waals surface area contributed by atoms with Gasteiger partial charge in [-0.1, -0.05) is 11.6 Å². The maximum atomic E-state index is 12.5. The summed E-state index contributed by atoms with van der Waals surface area (Å²) in [5, 5.41) is 16.2. The lowest BCUT2D eigenvalue weighted by atomic mass is 10.1. The molecule has 0 aliphatic carbocycles. The molecule has 31 heavy (non-hydrogen) atoms. The molecule has 0 spiro atoms. The third kappa shape index (κ3) is 5.18. The summed E-state index contributed by atoms with van der Waals surface area (Å²) in [6, 6.07) is 10.0. The van der Waals surface area contributed by atoms with E-state index in [-0.39, 0.29) is 40.7 Å². The molecular formula is C21H21ClN4O5. The summed E-state index contributed by atoms with van der Waals surface area (Å²) in [5.41, 5.74) is 0.888. The molecule has 1 atom stereocenters. The topological polar surface area (TPSA) is 122 Å². The number of hydrogen-bond acceptors (Lipinski definition) is 5. The van der Waals surface area contributed by atoms with E-state index in [9.17, 15) is 24.5 Å². The number of halogens is 1. The second-order valence-corrected chi connectivity index (χ2v) is 7.89. The number of anilines is 2. The molecule has 0 bridgehead atoms. The smallest absolute Gasteiger partial charge is 0.271 e. The molecule has 1 aliphatic rings. The number of carbonyl (C=O) groups is 3. The van der Waals surface area contributed by atoms with Crippen LogP contribution in [-0.2, 0) is 9.59 Å². The number of nitrogens with one attached hydrogen (secondary N) is 2. The molecule has 3 amide bonds. The summed E-state index contributed by atoms with van der Waals surface area (Å²) in [4.78, 5) is 48.8. The average Bonchev–Trinajstić information content (AvgIpc) is 3.12. The highest BCUT2D eigenvalue weighted by Gasteiger charge is 2.35. The van der Waals surface area contributed by atoms with Gasteiger partial charge in [0.25, 0.3) is 11.6 Å². The van der Waals surface area contributed by atoms with Crippen molar-refractivity contribution in [1.29, 1.82) is 0 Å². The van der Waals surface area contributed by atoms with Gasteiger partial charge in [-0.05, 0) is 44.2 Å². The molecule has 0 saturated carbocycles. The first-order chi connectivity index (χ1) is 14.7. The maximum absolute atomic E-state index is 12.5. The van der Waals surface area contributed by atoms with Gasteiger partial charge in [-0.15, -0.1) is 0 Å². The van der Waals surface area contributed by atoms with Gasteiger partial charge in [-0.2, -0.15) is 0 Å². The van der Waals surface area contributed by atoms with E-state index in [1.807, 2.05) is 13.8 Å². The fraction of sp³-hybridized carbons (Fsp3) is 0.286. The van der Waals surface area contributed by atoms with Crippen LogP contribution in [0.1, 0.15) is 30.6 Å². The molecule has 1 fully saturated rings. The Kier molecular flexibility index (Phi) is 6.55. The minimum Gasteiger partial charge on any atom is -0.339 e. The standard InChI is InChI=1S/C21H21ClN4O5/c1-12(2)25-11-14(9-19(25)27)21(29)23-15-5-3-13(4-6-15)20(28)24-18-8-7-16(26(30)31)10-17(18)22/h3-8,10,12,14H,9,11H2,1-2H3,(H,23,29)(H,24,28). The van der Waals surface area contributed by atoms with Crippen molar-refractivity contribution < 1.29 is 19.3 Å². The van der Waals surface area contributed by atoms with Crippen LogP contribution in [0.3, 0.4) is 0 Å². The monoisotopic (exact) mass is 444 g/mol. The number of hydrogen-bond donors (Lipinski definition) is 2. The Hall–Kier alpha value is -3.46. The van der Waals surface area contributed by atoms with Crippen LogP contribution in [-0.4, -0.2) is 40.1 Å². The van der Waals surface area contributed by atoms with Crippen LogP contribution in [0.2, 0.25) is 5.02 Å². The van der Waals surface area contributed by atoms with Gasteiger partial charge in [-0.3, -0.25) is 24.5 Å². The molecule has 1 heterocycles. The predicted molar refractivity (Wildman–Crippen MR) is 116 cm³/mol. The van der Waals surface area contributed by atoms with Crippen LogP contribution in [0, 0.1) is 16.0 Å². The Labute approximate surface area is 183 Å². The van der Waals surface area contributed by atoms with Gasteiger partial charge in [-0.25, -0.2) is 0 Å². The van der Waals surface area contributed by atoms with Crippen molar-refractivity contribution in [1.82, 2.24) is 4.90 Å². The lowest BCUT2D eigenvalue weighted by molar-refractivity contribution is -0.384. The Bertz CT molecular complexity index is 1040. The molecule has 1 saturated heterocycles. The van der Waals surface area contributed by atoms with Crippen molar-refractivity contribution >= 4 is 46.4 Å². The van der Waals surface area contributed by atoms with Gasteiger partial charge < -0.3 is 15.5 Å². The first-order valence-corrected chi connectivity index (χ1v) is 9.99. The summed E-state index contributed by atoms with van der Waals surface area (Å²) < 4.78 is 0. The molecule has 2 aromatic carbocycles. The zero-order chi connectivity index (χ0) is 22.7. The molecule has 0 aromatic heterocycles. The van der Waals surface area contributed by atoms with E-state index < -0.39 is 16.7 Å². The van der Waals surface area contributed by atoms with Crippen LogP contribution in [0.25, 0.3) is 0 Å². The van der Waals surface area contributed by atoms with E-state index in [4.69, 9.17) is 11.6 Å². The lowest BCUT2D eigenvalue weighted by Gasteiger charge is -2.20. The number of nitro benzene ring substituents is 1. The SMILES string of the molecule is CC(C)N1CC(C(=O)Nc2ccc(C(=O)Nc3ccc([N+](=O)[O-])cc3Cl)cc2)CC1=O. The van der Waals surface area contributed by atoms with Gasteiger partial charge >= 0.3 is 0 Å². The molecular weight excluding hydrogens is 424 g/mol. The van der Waals surface area contributed by atoms with Gasteiger partial charge in [0, 0.05) is 42.4 Å². The zero-order valence-corrected chi connectivity index (χ0v) is 17.7. The number of carbonyl (C=O) groups excluding carboxylic acids is 3. The van der Waals surface area contributed by atoms with Crippen molar-refractivity contribution in [2.24, 2.45) is 5.92 Å². The van der Waals surface area contributed by atoms with E-state index in [0.29, 0.717) is 17.8 Å². The molecule has 1 unspecified atom stereocenters. The fourth-order valence-corrected chi connectivity index (χ4v) is 3.49. The van der Waals surface area contributed by atoms with Gasteiger partial charge in [0.1, 0.15) is 0 Å². The average molecular weight is 445 g/mol. The summed E-state index contributed by atoms with van der Waals surface area (Å²) >= 11 is 6.00. The first-order valence-electron chi connectivity index (χ1n) is 9.61. The summed E-state index contributed by atoms with van der Waals surface area (Å²) in [7, 11) is 0. The van der Waals surface area contributed by atoms with Crippen molar-refractivity contribution in [3.05, 3.63) is 63.2 Å². The quantitative estimate of drug-likeness (QED) is 0.519. The van der Waals surface area contributed by atoms with E-state index in [0.717, 1.165) is 6.07 Å². The number of rotatable bonds is 6. The highest BCUT2D eigenvalue weighted by Crippen LogP contribution is 2.27. The highest BCUT2D eigenvalue weighted by atomic mass is 35.5. The molecule has 2 aromatic rings. The third-order valence-electron chi connectivity index (χ3n) is 4.98. The number of benzene rings is 2. The second-order valence-electron chi connectivity index (χ2n) is 7.48. The highest BCUT2D eigenvalue weighted by molar-refractivity contribution is 6.34. The van der Waals surface area contributed by atoms with Gasteiger partial charge in [0.05, 0.1) is 21.6 Å². The maximum Gasteiger partial charge on any atom is 0.271 e. The van der Waals surface area contributed by atoms with Crippen molar-refractivity contribution in [2.75, 3.05) is 17.2 Å². The number of nitrogens with zero attached hydrogens (tertiary/aromatic N) is 2. The Morgan fingerprint density at radius 2 is 1.84 bits per heavy atom. The molecule has 1 aliphatic heterocycles. The van der Waals surface area contributed by atoms with Crippen LogP contribution in [0.4, 0.5) is 17.1 Å². The zero-order valence-electron chi connectivity index (χ0n) is 16.9. The number of likely N-dealkylation sites (tertiary alicyclic amines) is 1. The summed E-state index contributed by atoms with van der Waals surface area (Å²) in [6.07, 6.45) is 0.181.